The van der Waals surface area contributed by atoms with E-state index in [4.69, 9.17) is 5.73 Å². The van der Waals surface area contributed by atoms with Crippen molar-refractivity contribution in [2.75, 3.05) is 20.1 Å². The van der Waals surface area contributed by atoms with E-state index < -0.39 is 0 Å². The van der Waals surface area contributed by atoms with Crippen LogP contribution in [0, 0.1) is 0 Å². The molecule has 15 heavy (non-hydrogen) atoms. The fourth-order valence-corrected chi connectivity index (χ4v) is 1.33. The van der Waals surface area contributed by atoms with Gasteiger partial charge in [-0.05, 0) is 26.8 Å². The summed E-state index contributed by atoms with van der Waals surface area (Å²) in [6.07, 6.45) is 1.97. The Hall–Kier alpha value is -0.610. The SMILES string of the molecule is CCC(CC)NC(=O)CN(C)C(C)CN. The molecule has 3 N–H and O–H groups in total. The Kier molecular flexibility index (Phi) is 7.34. The van der Waals surface area contributed by atoms with Gasteiger partial charge in [-0.1, -0.05) is 13.8 Å². The van der Waals surface area contributed by atoms with Crippen LogP contribution in [0.5, 0.6) is 0 Å². The average Bonchev–Trinajstić information content (AvgIpc) is 2.24. The fraction of sp³-hybridized carbons (Fsp3) is 0.909. The minimum atomic E-state index is 0.0894. The predicted molar refractivity (Wildman–Crippen MR) is 63.7 cm³/mol. The second-order valence-electron chi connectivity index (χ2n) is 4.08. The number of likely N-dealkylation sites (N-methyl/N-ethyl adjacent to an activating group) is 1. The van der Waals surface area contributed by atoms with Gasteiger partial charge >= 0.3 is 0 Å². The smallest absolute Gasteiger partial charge is 0.234 e. The molecule has 1 unspecified atom stereocenters. The zero-order valence-corrected chi connectivity index (χ0v) is 10.4. The normalized spacial score (nSPS) is 13.3. The van der Waals surface area contributed by atoms with Gasteiger partial charge < -0.3 is 11.1 Å². The topological polar surface area (TPSA) is 58.4 Å². The summed E-state index contributed by atoms with van der Waals surface area (Å²) in [5, 5.41) is 3.00. The lowest BCUT2D eigenvalue weighted by atomic mass is 10.2. The maximum absolute atomic E-state index is 11.6. The van der Waals surface area contributed by atoms with Gasteiger partial charge in [-0.15, -0.1) is 0 Å². The number of carbonyl (C=O) groups is 1. The van der Waals surface area contributed by atoms with Gasteiger partial charge in [-0.3, -0.25) is 9.69 Å². The molecule has 4 nitrogen and oxygen atoms in total. The maximum Gasteiger partial charge on any atom is 0.234 e. The van der Waals surface area contributed by atoms with Crippen molar-refractivity contribution in [3.63, 3.8) is 0 Å². The van der Waals surface area contributed by atoms with Crippen LogP contribution in [-0.2, 0) is 4.79 Å². The van der Waals surface area contributed by atoms with E-state index in [-0.39, 0.29) is 11.9 Å². The fourth-order valence-electron chi connectivity index (χ4n) is 1.33. The molecule has 4 heteroatoms. The first-order chi connectivity index (χ1) is 7.04. The van der Waals surface area contributed by atoms with E-state index in [1.54, 1.807) is 0 Å². The number of nitrogens with zero attached hydrogens (tertiary/aromatic N) is 1. The second-order valence-corrected chi connectivity index (χ2v) is 4.08. The van der Waals surface area contributed by atoms with Gasteiger partial charge in [-0.25, -0.2) is 0 Å². The van der Waals surface area contributed by atoms with Crippen LogP contribution in [0.3, 0.4) is 0 Å². The third-order valence-electron chi connectivity index (χ3n) is 2.84. The molecule has 0 aliphatic rings. The predicted octanol–water partition coefficient (Wildman–Crippen LogP) is 0.570. The number of hydrogen-bond donors (Lipinski definition) is 2. The summed E-state index contributed by atoms with van der Waals surface area (Å²) in [5.74, 6) is 0.0894. The summed E-state index contributed by atoms with van der Waals surface area (Å²) in [5.41, 5.74) is 5.53. The van der Waals surface area contributed by atoms with Crippen molar-refractivity contribution in [2.24, 2.45) is 5.73 Å². The summed E-state index contributed by atoms with van der Waals surface area (Å²) >= 11 is 0. The minimum absolute atomic E-state index is 0.0894. The molecule has 0 saturated heterocycles. The lowest BCUT2D eigenvalue weighted by molar-refractivity contribution is -0.123. The highest BCUT2D eigenvalue weighted by Gasteiger charge is 2.13. The molecule has 1 atom stereocenters. The van der Waals surface area contributed by atoms with Crippen LogP contribution in [0.15, 0.2) is 0 Å². The Morgan fingerprint density at radius 1 is 1.40 bits per heavy atom. The van der Waals surface area contributed by atoms with Crippen LogP contribution in [-0.4, -0.2) is 43.0 Å². The molecule has 0 radical (unpaired) electrons. The Morgan fingerprint density at radius 2 is 1.93 bits per heavy atom. The quantitative estimate of drug-likeness (QED) is 0.653. The van der Waals surface area contributed by atoms with Crippen molar-refractivity contribution in [2.45, 2.75) is 45.7 Å². The maximum atomic E-state index is 11.6. The molecule has 0 aromatic rings. The van der Waals surface area contributed by atoms with Gasteiger partial charge in [0.15, 0.2) is 0 Å². The first-order valence-corrected chi connectivity index (χ1v) is 5.74. The van der Waals surface area contributed by atoms with Crippen molar-refractivity contribution < 1.29 is 4.79 Å². The van der Waals surface area contributed by atoms with Gasteiger partial charge in [0, 0.05) is 18.6 Å². The van der Waals surface area contributed by atoms with Crippen LogP contribution in [0.2, 0.25) is 0 Å². The molecule has 90 valence electrons. The molecule has 0 saturated carbocycles. The summed E-state index contributed by atoms with van der Waals surface area (Å²) in [4.78, 5) is 13.6. The Morgan fingerprint density at radius 3 is 2.33 bits per heavy atom. The summed E-state index contributed by atoms with van der Waals surface area (Å²) in [7, 11) is 1.92. The lowest BCUT2D eigenvalue weighted by Crippen LogP contribution is -2.44. The molecule has 0 fully saturated rings. The third-order valence-corrected chi connectivity index (χ3v) is 2.84. The first kappa shape index (κ1) is 14.4. The number of amides is 1. The molecule has 0 heterocycles. The van der Waals surface area contributed by atoms with E-state index in [0.29, 0.717) is 19.1 Å². The molecular weight excluding hydrogens is 190 g/mol. The minimum Gasteiger partial charge on any atom is -0.352 e. The monoisotopic (exact) mass is 215 g/mol. The van der Waals surface area contributed by atoms with Gasteiger partial charge in [0.1, 0.15) is 0 Å². The molecule has 1 amide bonds. The Labute approximate surface area is 93.2 Å². The van der Waals surface area contributed by atoms with Crippen LogP contribution < -0.4 is 11.1 Å². The molecule has 0 rings (SSSR count). The summed E-state index contributed by atoms with van der Waals surface area (Å²) < 4.78 is 0. The molecule has 0 spiro atoms. The number of nitrogens with two attached hydrogens (primary N) is 1. The Bertz CT molecular complexity index is 181. The highest BCUT2D eigenvalue weighted by Crippen LogP contribution is 1.97. The van der Waals surface area contributed by atoms with E-state index >= 15 is 0 Å². The van der Waals surface area contributed by atoms with Gasteiger partial charge in [0.05, 0.1) is 6.54 Å². The highest BCUT2D eigenvalue weighted by molar-refractivity contribution is 5.78. The lowest BCUT2D eigenvalue weighted by Gasteiger charge is -2.24. The molecule has 0 bridgehead atoms. The first-order valence-electron chi connectivity index (χ1n) is 5.74. The zero-order chi connectivity index (χ0) is 11.8. The number of carbonyl (C=O) groups excluding carboxylic acids is 1. The van der Waals surface area contributed by atoms with Crippen molar-refractivity contribution >= 4 is 5.91 Å². The van der Waals surface area contributed by atoms with Gasteiger partial charge in [0.25, 0.3) is 0 Å². The third kappa shape index (κ3) is 5.74. The van der Waals surface area contributed by atoms with Crippen LogP contribution in [0.4, 0.5) is 0 Å². The van der Waals surface area contributed by atoms with E-state index in [1.165, 1.54) is 0 Å². The molecule has 0 aliphatic carbocycles. The van der Waals surface area contributed by atoms with Crippen molar-refractivity contribution in [1.82, 2.24) is 10.2 Å². The highest BCUT2D eigenvalue weighted by atomic mass is 16.2. The van der Waals surface area contributed by atoms with Crippen molar-refractivity contribution in [3.05, 3.63) is 0 Å². The van der Waals surface area contributed by atoms with Crippen molar-refractivity contribution in [3.8, 4) is 0 Å². The summed E-state index contributed by atoms with van der Waals surface area (Å²) in [6.45, 7) is 7.19. The summed E-state index contributed by atoms with van der Waals surface area (Å²) in [6, 6.07) is 0.552. The van der Waals surface area contributed by atoms with Crippen LogP contribution >= 0.6 is 0 Å². The van der Waals surface area contributed by atoms with E-state index in [0.717, 1.165) is 12.8 Å². The second kappa shape index (κ2) is 7.65. The van der Waals surface area contributed by atoms with Crippen LogP contribution in [0.1, 0.15) is 33.6 Å². The molecule has 0 aliphatic heterocycles. The molecular formula is C11H25N3O. The standard InChI is InChI=1S/C11H25N3O/c1-5-10(6-2)13-11(15)8-14(4)9(3)7-12/h9-10H,5-8,12H2,1-4H3,(H,13,15). The molecule has 0 aromatic carbocycles. The van der Waals surface area contributed by atoms with Gasteiger partial charge in [-0.2, -0.15) is 0 Å². The van der Waals surface area contributed by atoms with Crippen LogP contribution in [0.25, 0.3) is 0 Å². The van der Waals surface area contributed by atoms with E-state index in [2.05, 4.69) is 19.2 Å². The average molecular weight is 215 g/mol. The number of nitrogens with one attached hydrogen (secondary N) is 1. The van der Waals surface area contributed by atoms with E-state index in [9.17, 15) is 4.79 Å². The van der Waals surface area contributed by atoms with E-state index in [1.807, 2.05) is 18.9 Å². The van der Waals surface area contributed by atoms with Crippen molar-refractivity contribution in [1.29, 1.82) is 0 Å². The number of hydrogen-bond acceptors (Lipinski definition) is 3. The van der Waals surface area contributed by atoms with Gasteiger partial charge in [0.2, 0.25) is 5.91 Å². The molecule has 0 aromatic heterocycles. The number of rotatable bonds is 7. The largest absolute Gasteiger partial charge is 0.352 e. The Balaban J connectivity index is 3.92. The zero-order valence-electron chi connectivity index (χ0n) is 10.4.